The Balaban J connectivity index is 3.96. The van der Waals surface area contributed by atoms with Crippen LogP contribution in [0, 0.1) is 0 Å². The van der Waals surface area contributed by atoms with Gasteiger partial charge in [0.05, 0.1) is 0 Å². The second kappa shape index (κ2) is 3.70. The monoisotopic (exact) mass is 156 g/mol. The molecule has 0 aromatic carbocycles. The van der Waals surface area contributed by atoms with Crippen LogP contribution in [0.15, 0.2) is 35.2 Å². The SMILES string of the molecule is C=C=C=CC(=C)Br. The van der Waals surface area contributed by atoms with E-state index in [-0.39, 0.29) is 0 Å². The van der Waals surface area contributed by atoms with Crippen molar-refractivity contribution in [3.05, 3.63) is 35.2 Å². The summed E-state index contributed by atoms with van der Waals surface area (Å²) in [6.45, 7) is 6.83. The first-order valence-corrected chi connectivity index (χ1v) is 2.52. The van der Waals surface area contributed by atoms with Gasteiger partial charge in [-0.1, -0.05) is 34.0 Å². The smallest absolute Gasteiger partial charge is 0.0187 e. The van der Waals surface area contributed by atoms with Crippen LogP contribution in [0.1, 0.15) is 0 Å². The fourth-order valence-electron chi connectivity index (χ4n) is 0.129. The second-order valence-corrected chi connectivity index (χ2v) is 1.93. The molecule has 1 heteroatoms. The Labute approximate surface area is 51.7 Å². The third kappa shape index (κ3) is 5.52. The Morgan fingerprint density at radius 3 is 2.43 bits per heavy atom. The van der Waals surface area contributed by atoms with Gasteiger partial charge in [0, 0.05) is 10.6 Å². The van der Waals surface area contributed by atoms with Crippen molar-refractivity contribution in [1.82, 2.24) is 0 Å². The Bertz CT molecular complexity index is 144. The summed E-state index contributed by atoms with van der Waals surface area (Å²) in [5.41, 5.74) is 5.07. The Morgan fingerprint density at radius 1 is 1.71 bits per heavy atom. The standard InChI is InChI=1S/C6H5Br/c1-3-4-5-6(2)7/h5H,1-2H2. The van der Waals surface area contributed by atoms with Crippen LogP contribution in [0.2, 0.25) is 0 Å². The van der Waals surface area contributed by atoms with Crippen LogP contribution in [0.3, 0.4) is 0 Å². The molecule has 0 aliphatic heterocycles. The summed E-state index contributed by atoms with van der Waals surface area (Å²) in [7, 11) is 0. The number of rotatable bonds is 1. The molecule has 0 fully saturated rings. The van der Waals surface area contributed by atoms with Crippen LogP contribution in [0.5, 0.6) is 0 Å². The van der Waals surface area contributed by atoms with Crippen molar-refractivity contribution in [2.24, 2.45) is 0 Å². The molecule has 0 amide bonds. The lowest BCUT2D eigenvalue weighted by Gasteiger charge is -1.68. The summed E-state index contributed by atoms with van der Waals surface area (Å²) < 4.78 is 0.781. The second-order valence-electron chi connectivity index (χ2n) is 0.912. The van der Waals surface area contributed by atoms with Gasteiger partial charge in [0.15, 0.2) is 0 Å². The first-order valence-electron chi connectivity index (χ1n) is 1.72. The zero-order chi connectivity index (χ0) is 5.70. The van der Waals surface area contributed by atoms with Crippen LogP contribution < -0.4 is 0 Å². The van der Waals surface area contributed by atoms with Gasteiger partial charge < -0.3 is 0 Å². The van der Waals surface area contributed by atoms with Crippen LogP contribution in [-0.4, -0.2) is 0 Å². The highest BCUT2D eigenvalue weighted by Gasteiger charge is 1.66. The molecule has 0 N–H and O–H groups in total. The van der Waals surface area contributed by atoms with E-state index in [1.54, 1.807) is 6.08 Å². The van der Waals surface area contributed by atoms with Crippen molar-refractivity contribution in [2.45, 2.75) is 0 Å². The summed E-state index contributed by atoms with van der Waals surface area (Å²) in [5.74, 6) is 0. The zero-order valence-corrected chi connectivity index (χ0v) is 5.46. The van der Waals surface area contributed by atoms with E-state index in [2.05, 4.69) is 40.6 Å². The van der Waals surface area contributed by atoms with Gasteiger partial charge in [-0.3, -0.25) is 0 Å². The van der Waals surface area contributed by atoms with E-state index in [9.17, 15) is 0 Å². The van der Waals surface area contributed by atoms with Gasteiger partial charge in [0.25, 0.3) is 0 Å². The average Bonchev–Trinajstić information content (AvgIpc) is 1.61. The highest BCUT2D eigenvalue weighted by Crippen LogP contribution is 1.98. The van der Waals surface area contributed by atoms with Gasteiger partial charge in [-0.25, -0.2) is 0 Å². The molecule has 0 spiro atoms. The summed E-state index contributed by atoms with van der Waals surface area (Å²) in [4.78, 5) is 0. The van der Waals surface area contributed by atoms with E-state index in [0.29, 0.717) is 0 Å². The first-order chi connectivity index (χ1) is 3.27. The van der Waals surface area contributed by atoms with E-state index < -0.39 is 0 Å². The van der Waals surface area contributed by atoms with E-state index in [4.69, 9.17) is 0 Å². The molecular formula is C6H5Br. The third-order valence-electron chi connectivity index (χ3n) is 0.331. The van der Waals surface area contributed by atoms with Crippen molar-refractivity contribution in [1.29, 1.82) is 0 Å². The van der Waals surface area contributed by atoms with Crippen LogP contribution in [0.25, 0.3) is 0 Å². The lowest BCUT2D eigenvalue weighted by Crippen LogP contribution is -1.44. The molecule has 0 nitrogen and oxygen atoms in total. The summed E-state index contributed by atoms with van der Waals surface area (Å²) >= 11 is 3.10. The number of halogens is 1. The van der Waals surface area contributed by atoms with Crippen molar-refractivity contribution in [3.63, 3.8) is 0 Å². The highest BCUT2D eigenvalue weighted by molar-refractivity contribution is 9.11. The number of hydrogen-bond acceptors (Lipinski definition) is 0. The highest BCUT2D eigenvalue weighted by atomic mass is 79.9. The van der Waals surface area contributed by atoms with Crippen molar-refractivity contribution >= 4 is 15.9 Å². The van der Waals surface area contributed by atoms with Gasteiger partial charge in [0.1, 0.15) is 0 Å². The molecule has 7 heavy (non-hydrogen) atoms. The van der Waals surface area contributed by atoms with Crippen molar-refractivity contribution in [2.75, 3.05) is 0 Å². The minimum atomic E-state index is 0.781. The van der Waals surface area contributed by atoms with Crippen molar-refractivity contribution in [3.8, 4) is 0 Å². The molecule has 0 aromatic heterocycles. The van der Waals surface area contributed by atoms with Crippen LogP contribution in [0.4, 0.5) is 0 Å². The van der Waals surface area contributed by atoms with Gasteiger partial charge in [-0.05, 0) is 6.58 Å². The molecule has 0 aliphatic rings. The predicted octanol–water partition coefficient (Wildman–Crippen LogP) is 2.39. The van der Waals surface area contributed by atoms with Gasteiger partial charge in [-0.2, -0.15) is 0 Å². The molecule has 36 valence electrons. The number of allylic oxidation sites excluding steroid dienone is 2. The molecule has 0 aliphatic carbocycles. The van der Waals surface area contributed by atoms with E-state index >= 15 is 0 Å². The maximum atomic E-state index is 3.52. The summed E-state index contributed by atoms with van der Waals surface area (Å²) in [6.07, 6.45) is 1.65. The quantitative estimate of drug-likeness (QED) is 0.405. The Morgan fingerprint density at radius 2 is 2.29 bits per heavy atom. The van der Waals surface area contributed by atoms with Gasteiger partial charge >= 0.3 is 0 Å². The molecule has 0 bridgehead atoms. The summed E-state index contributed by atoms with van der Waals surface area (Å²) in [6, 6.07) is 0. The Hall–Kier alpha value is -0.480. The van der Waals surface area contributed by atoms with E-state index in [1.807, 2.05) is 0 Å². The molecule has 0 aromatic rings. The summed E-state index contributed by atoms with van der Waals surface area (Å²) in [5, 5.41) is 0. The fraction of sp³-hybridized carbons (Fsp3) is 0. The molecule has 0 radical (unpaired) electrons. The molecule has 0 rings (SSSR count). The molecular weight excluding hydrogens is 152 g/mol. The minimum Gasteiger partial charge on any atom is -0.0841 e. The molecule has 0 heterocycles. The first kappa shape index (κ1) is 6.52. The third-order valence-corrected chi connectivity index (χ3v) is 0.560. The van der Waals surface area contributed by atoms with Crippen LogP contribution >= 0.6 is 15.9 Å². The van der Waals surface area contributed by atoms with E-state index in [0.717, 1.165) is 4.48 Å². The largest absolute Gasteiger partial charge is 0.0841 e. The fourth-order valence-corrected chi connectivity index (χ4v) is 0.244. The Kier molecular flexibility index (Phi) is 3.45. The zero-order valence-electron chi connectivity index (χ0n) is 3.87. The average molecular weight is 157 g/mol. The normalized spacial score (nSPS) is 5.86. The molecule has 0 saturated heterocycles. The van der Waals surface area contributed by atoms with Gasteiger partial charge in [-0.15, -0.1) is 0 Å². The molecule has 0 atom stereocenters. The van der Waals surface area contributed by atoms with Crippen LogP contribution in [-0.2, 0) is 0 Å². The van der Waals surface area contributed by atoms with Gasteiger partial charge in [0.2, 0.25) is 0 Å². The topological polar surface area (TPSA) is 0 Å². The lowest BCUT2D eigenvalue weighted by molar-refractivity contribution is 2.03. The molecule has 0 saturated carbocycles. The van der Waals surface area contributed by atoms with E-state index in [1.165, 1.54) is 0 Å². The lowest BCUT2D eigenvalue weighted by atomic mass is 10.6. The maximum absolute atomic E-state index is 3.52. The number of hydrogen-bond donors (Lipinski definition) is 0. The van der Waals surface area contributed by atoms with Crippen molar-refractivity contribution < 1.29 is 0 Å². The predicted molar refractivity (Wildman–Crippen MR) is 35.3 cm³/mol. The molecule has 0 unspecified atom stereocenters. The minimum absolute atomic E-state index is 0.781. The maximum Gasteiger partial charge on any atom is 0.0187 e.